The highest BCUT2D eigenvalue weighted by molar-refractivity contribution is 5.91. The van der Waals surface area contributed by atoms with E-state index in [0.717, 1.165) is 0 Å². The summed E-state index contributed by atoms with van der Waals surface area (Å²) in [7, 11) is 0. The van der Waals surface area contributed by atoms with E-state index in [4.69, 9.17) is 11.0 Å². The number of primary amides is 1. The molecular formula is C12H11N3O3. The van der Waals surface area contributed by atoms with Crippen LogP contribution < -0.4 is 11.2 Å². The van der Waals surface area contributed by atoms with Crippen molar-refractivity contribution in [3.8, 4) is 6.07 Å². The predicted octanol–water partition coefficient (Wildman–Crippen LogP) is 0.105. The van der Waals surface area contributed by atoms with E-state index in [1.165, 1.54) is 12.2 Å². The second-order valence-corrected chi connectivity index (χ2v) is 3.29. The molecule has 18 heavy (non-hydrogen) atoms. The molecule has 0 radical (unpaired) electrons. The number of nitrogens with one attached hydrogen (secondary N) is 1. The Morgan fingerprint density at radius 3 is 2.94 bits per heavy atom. The van der Waals surface area contributed by atoms with Crippen LogP contribution in [-0.4, -0.2) is 18.4 Å². The zero-order valence-electron chi connectivity index (χ0n) is 9.42. The number of nitrogens with two attached hydrogens (primary N) is 1. The minimum absolute atomic E-state index is 0.385. The maximum atomic E-state index is 11.2. The minimum atomic E-state index is -0.680. The Hall–Kier alpha value is -2.65. The molecule has 0 aliphatic carbocycles. The third-order valence-electron chi connectivity index (χ3n) is 1.83. The van der Waals surface area contributed by atoms with Gasteiger partial charge in [-0.3, -0.25) is 14.4 Å². The van der Waals surface area contributed by atoms with E-state index < -0.39 is 11.8 Å². The summed E-state index contributed by atoms with van der Waals surface area (Å²) in [4.78, 5) is 26.1. The summed E-state index contributed by atoms with van der Waals surface area (Å²) < 4.78 is 0. The summed E-state index contributed by atoms with van der Waals surface area (Å²) in [5.41, 5.74) is 8.04. The number of rotatable bonds is 5. The van der Waals surface area contributed by atoms with Crippen LogP contribution in [0.5, 0.6) is 0 Å². The number of carbonyl (C=O) groups excluding carboxylic acids is 2. The quantitative estimate of drug-likeness (QED) is 0.567. The molecule has 0 fully saturated rings. The van der Waals surface area contributed by atoms with Crippen LogP contribution in [0.4, 0.5) is 0 Å². The highest BCUT2D eigenvalue weighted by Gasteiger charge is 1.98. The number of amides is 2. The third-order valence-corrected chi connectivity index (χ3v) is 1.83. The Kier molecular flexibility index (Phi) is 5.09. The van der Waals surface area contributed by atoms with Crippen LogP contribution >= 0.6 is 0 Å². The molecule has 6 nitrogen and oxygen atoms in total. The normalized spacial score (nSPS) is 9.94. The van der Waals surface area contributed by atoms with Gasteiger partial charge < -0.3 is 5.73 Å². The fourth-order valence-electron chi connectivity index (χ4n) is 1.10. The van der Waals surface area contributed by atoms with Gasteiger partial charge in [-0.2, -0.15) is 5.26 Å². The molecule has 3 N–H and O–H groups in total. The number of hydrogen-bond acceptors (Lipinski definition) is 4. The van der Waals surface area contributed by atoms with Gasteiger partial charge in [-0.25, -0.2) is 5.48 Å². The van der Waals surface area contributed by atoms with Gasteiger partial charge in [-0.1, -0.05) is 12.1 Å². The second-order valence-electron chi connectivity index (χ2n) is 3.29. The van der Waals surface area contributed by atoms with Crippen LogP contribution in [0.3, 0.4) is 0 Å². The van der Waals surface area contributed by atoms with Crippen LogP contribution in [0.25, 0.3) is 6.08 Å². The summed E-state index contributed by atoms with van der Waals surface area (Å²) in [6.45, 7) is -0.385. The summed E-state index contributed by atoms with van der Waals surface area (Å²) in [5.74, 6) is -1.21. The van der Waals surface area contributed by atoms with Crippen molar-refractivity contribution in [1.29, 1.82) is 5.26 Å². The molecule has 0 atom stereocenters. The van der Waals surface area contributed by atoms with E-state index in [2.05, 4.69) is 4.84 Å². The number of nitriles is 1. The molecule has 0 unspecified atom stereocenters. The van der Waals surface area contributed by atoms with Crippen molar-refractivity contribution < 1.29 is 14.4 Å². The monoisotopic (exact) mass is 245 g/mol. The molecule has 0 heterocycles. The summed E-state index contributed by atoms with van der Waals surface area (Å²) >= 11 is 0. The average molecular weight is 245 g/mol. The van der Waals surface area contributed by atoms with E-state index >= 15 is 0 Å². The van der Waals surface area contributed by atoms with Crippen molar-refractivity contribution in [1.82, 2.24) is 5.48 Å². The summed E-state index contributed by atoms with van der Waals surface area (Å²) in [5, 5.41) is 8.69. The van der Waals surface area contributed by atoms with E-state index in [0.29, 0.717) is 11.1 Å². The lowest BCUT2D eigenvalue weighted by atomic mass is 10.1. The molecule has 1 aromatic carbocycles. The zero-order chi connectivity index (χ0) is 13.4. The molecule has 1 aromatic rings. The van der Waals surface area contributed by atoms with Crippen molar-refractivity contribution in [2.75, 3.05) is 6.61 Å². The topological polar surface area (TPSA) is 105 Å². The van der Waals surface area contributed by atoms with Gasteiger partial charge >= 0.3 is 0 Å². The largest absolute Gasteiger partial charge is 0.368 e. The van der Waals surface area contributed by atoms with Crippen LogP contribution in [0.2, 0.25) is 0 Å². The number of hydroxylamine groups is 1. The van der Waals surface area contributed by atoms with E-state index in [1.54, 1.807) is 24.3 Å². The Morgan fingerprint density at radius 1 is 1.50 bits per heavy atom. The van der Waals surface area contributed by atoms with Gasteiger partial charge in [0.1, 0.15) is 0 Å². The van der Waals surface area contributed by atoms with Gasteiger partial charge in [0.2, 0.25) is 5.91 Å². The number of carbonyl (C=O) groups is 2. The molecule has 0 bridgehead atoms. The maximum Gasteiger partial charge on any atom is 0.267 e. The van der Waals surface area contributed by atoms with Gasteiger partial charge in [0, 0.05) is 6.08 Å². The van der Waals surface area contributed by atoms with Gasteiger partial charge in [0.15, 0.2) is 6.61 Å². The fraction of sp³-hybridized carbons (Fsp3) is 0.0833. The smallest absolute Gasteiger partial charge is 0.267 e. The summed E-state index contributed by atoms with van der Waals surface area (Å²) in [6.07, 6.45) is 2.74. The van der Waals surface area contributed by atoms with Crippen molar-refractivity contribution in [3.63, 3.8) is 0 Å². The zero-order valence-corrected chi connectivity index (χ0v) is 9.42. The molecule has 0 aliphatic heterocycles. The fourth-order valence-corrected chi connectivity index (χ4v) is 1.10. The highest BCUT2D eigenvalue weighted by atomic mass is 16.7. The first-order chi connectivity index (χ1) is 8.61. The molecular weight excluding hydrogens is 234 g/mol. The molecule has 0 spiro atoms. The number of hydrogen-bond donors (Lipinski definition) is 2. The van der Waals surface area contributed by atoms with Gasteiger partial charge in [0.05, 0.1) is 11.6 Å². The predicted molar refractivity (Wildman–Crippen MR) is 63.5 cm³/mol. The number of benzene rings is 1. The molecule has 1 rings (SSSR count). The lowest BCUT2D eigenvalue weighted by Gasteiger charge is -1.99. The van der Waals surface area contributed by atoms with Gasteiger partial charge in [-0.15, -0.1) is 0 Å². The van der Waals surface area contributed by atoms with E-state index in [1.807, 2.05) is 11.5 Å². The Labute approximate surface area is 104 Å². The molecule has 0 aliphatic rings. The van der Waals surface area contributed by atoms with Crippen molar-refractivity contribution in [2.45, 2.75) is 0 Å². The molecule has 92 valence electrons. The SMILES string of the molecule is N#Cc1cccc(/C=C/C(=O)NOCC(N)=O)c1. The highest BCUT2D eigenvalue weighted by Crippen LogP contribution is 2.05. The molecule has 0 saturated heterocycles. The first-order valence-electron chi connectivity index (χ1n) is 5.00. The van der Waals surface area contributed by atoms with Crippen LogP contribution in [0, 0.1) is 11.3 Å². The van der Waals surface area contributed by atoms with Crippen molar-refractivity contribution in [3.05, 3.63) is 41.5 Å². The number of nitrogens with zero attached hydrogens (tertiary/aromatic N) is 1. The molecule has 0 saturated carbocycles. The van der Waals surface area contributed by atoms with Crippen LogP contribution in [0.15, 0.2) is 30.3 Å². The maximum absolute atomic E-state index is 11.2. The standard InChI is InChI=1S/C12H11N3O3/c13-7-10-3-1-2-9(6-10)4-5-12(17)15-18-8-11(14)16/h1-6H,8H2,(H2,14,16)(H,15,17)/b5-4+. The Bertz CT molecular complexity index is 518. The van der Waals surface area contributed by atoms with Crippen LogP contribution in [0.1, 0.15) is 11.1 Å². The average Bonchev–Trinajstić information content (AvgIpc) is 2.36. The molecule has 2 amide bonds. The molecule has 0 aromatic heterocycles. The van der Waals surface area contributed by atoms with Crippen LogP contribution in [-0.2, 0) is 14.4 Å². The van der Waals surface area contributed by atoms with E-state index in [-0.39, 0.29) is 6.61 Å². The van der Waals surface area contributed by atoms with Gasteiger partial charge in [-0.05, 0) is 23.8 Å². The minimum Gasteiger partial charge on any atom is -0.368 e. The second kappa shape index (κ2) is 6.83. The van der Waals surface area contributed by atoms with E-state index in [9.17, 15) is 9.59 Å². The Morgan fingerprint density at radius 2 is 2.28 bits per heavy atom. The first kappa shape index (κ1) is 13.4. The van der Waals surface area contributed by atoms with Crippen molar-refractivity contribution in [2.24, 2.45) is 5.73 Å². The molecule has 6 heteroatoms. The Balaban J connectivity index is 2.50. The summed E-state index contributed by atoms with van der Waals surface area (Å²) in [6, 6.07) is 8.74. The van der Waals surface area contributed by atoms with Gasteiger partial charge in [0.25, 0.3) is 5.91 Å². The first-order valence-corrected chi connectivity index (χ1v) is 5.00. The third kappa shape index (κ3) is 4.92. The lowest BCUT2D eigenvalue weighted by molar-refractivity contribution is -0.134. The lowest BCUT2D eigenvalue weighted by Crippen LogP contribution is -2.28. The van der Waals surface area contributed by atoms with Crippen molar-refractivity contribution >= 4 is 17.9 Å².